The Bertz CT molecular complexity index is 816. The predicted octanol–water partition coefficient (Wildman–Crippen LogP) is 4.27. The summed E-state index contributed by atoms with van der Waals surface area (Å²) in [6.07, 6.45) is 3.86. The molecule has 3 rings (SSSR count). The summed E-state index contributed by atoms with van der Waals surface area (Å²) in [5.41, 5.74) is 2.30. The highest BCUT2D eigenvalue weighted by Gasteiger charge is 2.20. The first-order valence-electron chi connectivity index (χ1n) is 9.29. The van der Waals surface area contributed by atoms with E-state index in [2.05, 4.69) is 29.3 Å². The number of nitro groups is 1. The number of nitrogens with zero attached hydrogens (tertiary/aromatic N) is 2. The van der Waals surface area contributed by atoms with Gasteiger partial charge in [-0.1, -0.05) is 30.7 Å². The molecule has 1 aliphatic heterocycles. The number of hydrogen-bond acceptors (Lipinski definition) is 5. The molecule has 6 nitrogen and oxygen atoms in total. The fourth-order valence-corrected chi connectivity index (χ4v) is 4.33. The van der Waals surface area contributed by atoms with Gasteiger partial charge in [-0.3, -0.25) is 19.8 Å². The number of carbonyl (C=O) groups is 1. The van der Waals surface area contributed by atoms with Crippen LogP contribution in [0.25, 0.3) is 0 Å². The minimum atomic E-state index is -0.454. The molecule has 1 amide bonds. The first-order chi connectivity index (χ1) is 12.9. The van der Waals surface area contributed by atoms with Crippen molar-refractivity contribution in [2.75, 3.05) is 6.54 Å². The van der Waals surface area contributed by atoms with Crippen molar-refractivity contribution < 1.29 is 9.72 Å². The summed E-state index contributed by atoms with van der Waals surface area (Å²) in [6, 6.07) is 10.3. The molecular weight excluding hydrogens is 362 g/mol. The van der Waals surface area contributed by atoms with Crippen molar-refractivity contribution in [1.82, 2.24) is 10.2 Å². The highest BCUT2D eigenvalue weighted by Crippen LogP contribution is 2.28. The third-order valence-corrected chi connectivity index (χ3v) is 6.15. The number of benzene rings is 1. The molecule has 1 N–H and O–H groups in total. The molecule has 0 aliphatic carbocycles. The van der Waals surface area contributed by atoms with Crippen molar-refractivity contribution in [3.05, 3.63) is 61.3 Å². The molecule has 7 heteroatoms. The van der Waals surface area contributed by atoms with Gasteiger partial charge in [0, 0.05) is 25.2 Å². The minimum Gasteiger partial charge on any atom is -0.347 e. The Morgan fingerprint density at radius 2 is 2.00 bits per heavy atom. The van der Waals surface area contributed by atoms with Crippen molar-refractivity contribution in [3.8, 4) is 0 Å². The van der Waals surface area contributed by atoms with Crippen LogP contribution < -0.4 is 5.32 Å². The van der Waals surface area contributed by atoms with Crippen molar-refractivity contribution in [3.63, 3.8) is 0 Å². The van der Waals surface area contributed by atoms with Crippen molar-refractivity contribution >= 4 is 22.9 Å². The van der Waals surface area contributed by atoms with Gasteiger partial charge in [-0.15, -0.1) is 11.3 Å². The van der Waals surface area contributed by atoms with Crippen molar-refractivity contribution in [2.45, 2.75) is 52.2 Å². The Kier molecular flexibility index (Phi) is 6.23. The number of hydrogen-bond donors (Lipinski definition) is 1. The van der Waals surface area contributed by atoms with Gasteiger partial charge < -0.3 is 5.32 Å². The molecule has 27 heavy (non-hydrogen) atoms. The normalized spacial score (nSPS) is 17.6. The topological polar surface area (TPSA) is 75.5 Å². The van der Waals surface area contributed by atoms with Crippen LogP contribution in [0.3, 0.4) is 0 Å². The Labute approximate surface area is 163 Å². The molecular formula is C20H25N3O3S. The van der Waals surface area contributed by atoms with Gasteiger partial charge in [0.15, 0.2) is 0 Å². The summed E-state index contributed by atoms with van der Waals surface area (Å²) in [6.45, 7) is 6.47. The Morgan fingerprint density at radius 1 is 1.30 bits per heavy atom. The van der Waals surface area contributed by atoms with Gasteiger partial charge in [0.05, 0.1) is 14.7 Å². The molecule has 2 aromatic rings. The van der Waals surface area contributed by atoms with Gasteiger partial charge in [-0.25, -0.2) is 0 Å². The van der Waals surface area contributed by atoms with E-state index in [9.17, 15) is 14.9 Å². The lowest BCUT2D eigenvalue weighted by Crippen LogP contribution is -2.36. The number of carbonyl (C=O) groups excluding carboxylic acids is 1. The lowest BCUT2D eigenvalue weighted by atomic mass is 10.0. The van der Waals surface area contributed by atoms with E-state index in [1.54, 1.807) is 6.92 Å². The SMILES string of the molecule is Cc1sc(C(=O)NCc2ccc(CN3CCCCC3C)cc2)cc1[N+](=O)[O-]. The van der Waals surface area contributed by atoms with Crippen LogP contribution in [0.2, 0.25) is 0 Å². The number of rotatable bonds is 6. The largest absolute Gasteiger partial charge is 0.347 e. The number of likely N-dealkylation sites (tertiary alicyclic amines) is 1. The third-order valence-electron chi connectivity index (χ3n) is 5.11. The van der Waals surface area contributed by atoms with Crippen LogP contribution in [0.4, 0.5) is 5.69 Å². The number of amides is 1. The van der Waals surface area contributed by atoms with Gasteiger partial charge in [0.25, 0.3) is 11.6 Å². The predicted molar refractivity (Wildman–Crippen MR) is 107 cm³/mol. The van der Waals surface area contributed by atoms with Crippen LogP contribution in [-0.4, -0.2) is 28.3 Å². The summed E-state index contributed by atoms with van der Waals surface area (Å²) >= 11 is 1.15. The van der Waals surface area contributed by atoms with Crippen LogP contribution in [0.1, 0.15) is 51.9 Å². The lowest BCUT2D eigenvalue weighted by Gasteiger charge is -2.33. The van der Waals surface area contributed by atoms with E-state index in [1.165, 1.54) is 30.9 Å². The highest BCUT2D eigenvalue weighted by molar-refractivity contribution is 7.14. The molecule has 1 atom stereocenters. The summed E-state index contributed by atoms with van der Waals surface area (Å²) in [4.78, 5) is 26.1. The Morgan fingerprint density at radius 3 is 2.63 bits per heavy atom. The van der Waals surface area contributed by atoms with E-state index in [0.717, 1.165) is 30.0 Å². The third kappa shape index (κ3) is 4.93. The maximum Gasteiger partial charge on any atom is 0.283 e. The maximum absolute atomic E-state index is 12.2. The fraction of sp³-hybridized carbons (Fsp3) is 0.450. The van der Waals surface area contributed by atoms with E-state index < -0.39 is 4.92 Å². The van der Waals surface area contributed by atoms with Gasteiger partial charge in [-0.05, 0) is 44.4 Å². The van der Waals surface area contributed by atoms with Crippen LogP contribution in [-0.2, 0) is 13.1 Å². The summed E-state index contributed by atoms with van der Waals surface area (Å²) < 4.78 is 0. The molecule has 1 aromatic heterocycles. The summed E-state index contributed by atoms with van der Waals surface area (Å²) in [5.74, 6) is -0.276. The molecule has 144 valence electrons. The maximum atomic E-state index is 12.2. The molecule has 0 radical (unpaired) electrons. The van der Waals surface area contributed by atoms with Crippen LogP contribution in [0.15, 0.2) is 30.3 Å². The first kappa shape index (κ1) is 19.5. The Balaban J connectivity index is 1.54. The Hall–Kier alpha value is -2.25. The van der Waals surface area contributed by atoms with E-state index in [0.29, 0.717) is 22.3 Å². The zero-order chi connectivity index (χ0) is 19.4. The average molecular weight is 388 g/mol. The second-order valence-corrected chi connectivity index (χ2v) is 8.38. The van der Waals surface area contributed by atoms with Crippen molar-refractivity contribution in [1.29, 1.82) is 0 Å². The van der Waals surface area contributed by atoms with Crippen LogP contribution >= 0.6 is 11.3 Å². The van der Waals surface area contributed by atoms with Gasteiger partial charge in [0.1, 0.15) is 0 Å². The number of nitrogens with one attached hydrogen (secondary N) is 1. The van der Waals surface area contributed by atoms with E-state index in [1.807, 2.05) is 12.1 Å². The minimum absolute atomic E-state index is 0.00134. The molecule has 1 saturated heterocycles. The molecule has 1 aromatic carbocycles. The molecule has 1 unspecified atom stereocenters. The zero-order valence-electron chi connectivity index (χ0n) is 15.7. The van der Waals surface area contributed by atoms with Gasteiger partial charge >= 0.3 is 0 Å². The van der Waals surface area contributed by atoms with E-state index in [4.69, 9.17) is 0 Å². The smallest absolute Gasteiger partial charge is 0.283 e. The molecule has 2 heterocycles. The van der Waals surface area contributed by atoms with Crippen LogP contribution in [0, 0.1) is 17.0 Å². The summed E-state index contributed by atoms with van der Waals surface area (Å²) in [5, 5.41) is 13.8. The summed E-state index contributed by atoms with van der Waals surface area (Å²) in [7, 11) is 0. The monoisotopic (exact) mass is 387 g/mol. The highest BCUT2D eigenvalue weighted by atomic mass is 32.1. The first-order valence-corrected chi connectivity index (χ1v) is 10.1. The number of thiophene rings is 1. The zero-order valence-corrected chi connectivity index (χ0v) is 16.6. The standard InChI is InChI=1S/C20H25N3O3S/c1-14-5-3-4-10-22(14)13-17-8-6-16(7-9-17)12-21-20(24)19-11-18(23(25)26)15(2)27-19/h6-9,11,14H,3-5,10,12-13H2,1-2H3,(H,21,24). The quantitative estimate of drug-likeness (QED) is 0.593. The van der Waals surface area contributed by atoms with Crippen molar-refractivity contribution in [2.24, 2.45) is 0 Å². The van der Waals surface area contributed by atoms with Crippen LogP contribution in [0.5, 0.6) is 0 Å². The van der Waals surface area contributed by atoms with Gasteiger partial charge in [0.2, 0.25) is 0 Å². The second kappa shape index (κ2) is 8.63. The number of aryl methyl sites for hydroxylation is 1. The number of piperidine rings is 1. The molecule has 1 fully saturated rings. The van der Waals surface area contributed by atoms with E-state index >= 15 is 0 Å². The fourth-order valence-electron chi connectivity index (χ4n) is 3.42. The second-order valence-electron chi connectivity index (χ2n) is 7.12. The molecule has 1 aliphatic rings. The lowest BCUT2D eigenvalue weighted by molar-refractivity contribution is -0.385. The average Bonchev–Trinajstić information content (AvgIpc) is 3.05. The van der Waals surface area contributed by atoms with Gasteiger partial charge in [-0.2, -0.15) is 0 Å². The molecule has 0 bridgehead atoms. The van der Waals surface area contributed by atoms with E-state index in [-0.39, 0.29) is 11.6 Å². The molecule has 0 saturated carbocycles. The molecule has 0 spiro atoms.